The topological polar surface area (TPSA) is 61.5 Å². The Morgan fingerprint density at radius 2 is 2.04 bits per heavy atom. The summed E-state index contributed by atoms with van der Waals surface area (Å²) >= 11 is 11.8. The average molecular weight is 409 g/mol. The molecule has 1 amide bonds. The van der Waals surface area contributed by atoms with Crippen molar-refractivity contribution in [2.45, 2.75) is 19.4 Å². The lowest BCUT2D eigenvalue weighted by molar-refractivity contribution is -0.682. The average Bonchev–Trinajstić information content (AvgIpc) is 3.06. The Morgan fingerprint density at radius 1 is 1.26 bits per heavy atom. The number of quaternary nitrogens is 1. The third-order valence-electron chi connectivity index (χ3n) is 4.58. The number of carbonyl (C=O) groups excluding carboxylic acids is 1. The molecule has 4 nitrogen and oxygen atoms in total. The van der Waals surface area contributed by atoms with Crippen molar-refractivity contribution in [1.29, 1.82) is 0 Å². The molecule has 0 aliphatic rings. The summed E-state index contributed by atoms with van der Waals surface area (Å²) < 4.78 is 13.6. The smallest absolute Gasteiger partial charge is 0.275 e. The number of nitrogens with one attached hydrogen (secondary N) is 2. The highest BCUT2D eigenvalue weighted by atomic mass is 35.5. The highest BCUT2D eigenvalue weighted by molar-refractivity contribution is 6.35. The molecule has 0 saturated heterocycles. The van der Waals surface area contributed by atoms with E-state index in [4.69, 9.17) is 23.2 Å². The lowest BCUT2D eigenvalue weighted by Gasteiger charge is -2.13. The predicted molar refractivity (Wildman–Crippen MR) is 107 cm³/mol. The first-order valence-corrected chi connectivity index (χ1v) is 9.50. The minimum absolute atomic E-state index is 0.00836. The number of nitrogens with two attached hydrogens (primary N) is 1. The lowest BCUT2D eigenvalue weighted by Crippen LogP contribution is -2.87. The molecule has 0 saturated carbocycles. The fourth-order valence-electron chi connectivity index (χ4n) is 3.04. The molecule has 0 radical (unpaired) electrons. The van der Waals surface area contributed by atoms with Gasteiger partial charge in [-0.15, -0.1) is 0 Å². The molecule has 7 heteroatoms. The van der Waals surface area contributed by atoms with Crippen LogP contribution in [0.1, 0.15) is 24.1 Å². The minimum Gasteiger partial charge on any atom is -0.361 e. The Hall–Kier alpha value is -2.08. The molecular weight excluding hydrogens is 388 g/mol. The number of hydrogen-bond acceptors (Lipinski definition) is 1. The van der Waals surface area contributed by atoms with E-state index in [2.05, 4.69) is 16.4 Å². The van der Waals surface area contributed by atoms with Gasteiger partial charge in [-0.2, -0.15) is 0 Å². The Bertz CT molecular complexity index is 958. The number of fused-ring (bicyclic) bond motifs is 1. The summed E-state index contributed by atoms with van der Waals surface area (Å²) in [6.45, 7) is 2.66. The fraction of sp³-hybridized carbons (Fsp3) is 0.250. The molecule has 0 unspecified atom stereocenters. The van der Waals surface area contributed by atoms with Gasteiger partial charge in [0.05, 0.1) is 10.0 Å². The van der Waals surface area contributed by atoms with Crippen molar-refractivity contribution in [1.82, 2.24) is 10.3 Å². The largest absolute Gasteiger partial charge is 0.361 e. The zero-order valence-corrected chi connectivity index (χ0v) is 16.4. The van der Waals surface area contributed by atoms with Gasteiger partial charge in [0.15, 0.2) is 6.54 Å². The van der Waals surface area contributed by atoms with Crippen molar-refractivity contribution in [2.24, 2.45) is 0 Å². The van der Waals surface area contributed by atoms with E-state index < -0.39 is 5.82 Å². The van der Waals surface area contributed by atoms with Gasteiger partial charge < -0.3 is 15.6 Å². The normalized spacial score (nSPS) is 12.3. The van der Waals surface area contributed by atoms with Gasteiger partial charge in [-0.05, 0) is 37.1 Å². The van der Waals surface area contributed by atoms with E-state index in [1.165, 1.54) is 23.1 Å². The monoisotopic (exact) mass is 408 g/mol. The highest BCUT2D eigenvalue weighted by Gasteiger charge is 2.17. The molecule has 0 aliphatic carbocycles. The van der Waals surface area contributed by atoms with Gasteiger partial charge in [0.1, 0.15) is 11.9 Å². The highest BCUT2D eigenvalue weighted by Crippen LogP contribution is 2.27. The fourth-order valence-corrected chi connectivity index (χ4v) is 3.60. The molecule has 1 atom stereocenters. The second-order valence-electron chi connectivity index (χ2n) is 6.48. The molecule has 1 heterocycles. The van der Waals surface area contributed by atoms with Crippen LogP contribution in [0.15, 0.2) is 42.6 Å². The number of amides is 1. The van der Waals surface area contributed by atoms with Gasteiger partial charge in [-0.1, -0.05) is 41.4 Å². The maximum absolute atomic E-state index is 13.6. The third-order valence-corrected chi connectivity index (χ3v) is 5.20. The zero-order valence-electron chi connectivity index (χ0n) is 14.9. The van der Waals surface area contributed by atoms with Crippen LogP contribution in [0, 0.1) is 5.82 Å². The number of aromatic amines is 1. The SMILES string of the molecule is C[C@H]([NH2+]CC(=O)NCCc1c[nH]c2ccccc12)c1cc(F)c(Cl)cc1Cl. The molecular formula is C20H21Cl2FN3O+. The van der Waals surface area contributed by atoms with Gasteiger partial charge >= 0.3 is 0 Å². The van der Waals surface area contributed by atoms with Crippen LogP contribution in [-0.4, -0.2) is 24.0 Å². The molecule has 2 aromatic carbocycles. The van der Waals surface area contributed by atoms with Crippen LogP contribution in [0.3, 0.4) is 0 Å². The second-order valence-corrected chi connectivity index (χ2v) is 7.29. The molecule has 1 aromatic heterocycles. The summed E-state index contributed by atoms with van der Waals surface area (Å²) in [5.74, 6) is -0.591. The molecule has 27 heavy (non-hydrogen) atoms. The summed E-state index contributed by atoms with van der Waals surface area (Å²) in [6.07, 6.45) is 2.72. The van der Waals surface area contributed by atoms with E-state index in [-0.39, 0.29) is 23.5 Å². The Kier molecular flexibility index (Phi) is 6.37. The number of carbonyl (C=O) groups is 1. The molecule has 0 spiro atoms. The number of aromatic nitrogens is 1. The Labute approximate surface area is 167 Å². The van der Waals surface area contributed by atoms with Crippen LogP contribution in [-0.2, 0) is 11.2 Å². The van der Waals surface area contributed by atoms with Gasteiger partial charge in [0, 0.05) is 29.2 Å². The first-order chi connectivity index (χ1) is 13.0. The number of rotatable bonds is 7. The molecule has 3 rings (SSSR count). The van der Waals surface area contributed by atoms with Crippen LogP contribution in [0.4, 0.5) is 4.39 Å². The van der Waals surface area contributed by atoms with Crippen molar-refractivity contribution >= 4 is 40.0 Å². The standard InChI is InChI=1S/C20H20Cl2FN3O/c1-12(15-8-18(23)17(22)9-16(15)21)25-11-20(27)24-7-6-13-10-26-19-5-3-2-4-14(13)19/h2-5,8-10,12,25-26H,6-7,11H2,1H3,(H,24,27)/p+1/t12-/m0/s1. The number of para-hydroxylation sites is 1. The first-order valence-electron chi connectivity index (χ1n) is 8.75. The Balaban J connectivity index is 1.48. The first kappa shape index (κ1) is 19.7. The van der Waals surface area contributed by atoms with Crippen molar-refractivity contribution in [2.75, 3.05) is 13.1 Å². The molecule has 0 bridgehead atoms. The van der Waals surface area contributed by atoms with Gasteiger partial charge in [0.2, 0.25) is 0 Å². The van der Waals surface area contributed by atoms with E-state index in [9.17, 15) is 9.18 Å². The maximum Gasteiger partial charge on any atom is 0.275 e. The molecule has 0 fully saturated rings. The molecule has 142 valence electrons. The number of benzene rings is 2. The molecule has 3 aromatic rings. The summed E-state index contributed by atoms with van der Waals surface area (Å²) in [6, 6.07) is 10.6. The van der Waals surface area contributed by atoms with Gasteiger partial charge in [0.25, 0.3) is 5.91 Å². The number of hydrogen-bond donors (Lipinski definition) is 3. The van der Waals surface area contributed by atoms with E-state index in [1.54, 1.807) is 0 Å². The van der Waals surface area contributed by atoms with Crippen LogP contribution in [0.2, 0.25) is 10.0 Å². The zero-order chi connectivity index (χ0) is 19.4. The Morgan fingerprint density at radius 3 is 2.85 bits per heavy atom. The third kappa shape index (κ3) is 4.80. The minimum atomic E-state index is -0.514. The van der Waals surface area contributed by atoms with Gasteiger partial charge in [-0.25, -0.2) is 4.39 Å². The maximum atomic E-state index is 13.6. The van der Waals surface area contributed by atoms with Crippen molar-refractivity contribution in [3.05, 3.63) is 69.6 Å². The lowest BCUT2D eigenvalue weighted by atomic mass is 10.1. The van der Waals surface area contributed by atoms with E-state index in [1.807, 2.05) is 36.6 Å². The quantitative estimate of drug-likeness (QED) is 0.513. The molecule has 4 N–H and O–H groups in total. The van der Waals surface area contributed by atoms with Crippen molar-refractivity contribution < 1.29 is 14.5 Å². The molecule has 0 aliphatic heterocycles. The summed E-state index contributed by atoms with van der Waals surface area (Å²) in [7, 11) is 0. The van der Waals surface area contributed by atoms with Crippen LogP contribution >= 0.6 is 23.2 Å². The van der Waals surface area contributed by atoms with Crippen LogP contribution in [0.25, 0.3) is 10.9 Å². The number of halogens is 3. The van der Waals surface area contributed by atoms with E-state index >= 15 is 0 Å². The summed E-state index contributed by atoms with van der Waals surface area (Å²) in [4.78, 5) is 15.3. The van der Waals surface area contributed by atoms with Crippen molar-refractivity contribution in [3.63, 3.8) is 0 Å². The van der Waals surface area contributed by atoms with Crippen LogP contribution in [0.5, 0.6) is 0 Å². The summed E-state index contributed by atoms with van der Waals surface area (Å²) in [5, 5.41) is 6.29. The van der Waals surface area contributed by atoms with Crippen molar-refractivity contribution in [3.8, 4) is 0 Å². The number of H-pyrrole nitrogens is 1. The van der Waals surface area contributed by atoms with Gasteiger partial charge in [-0.3, -0.25) is 4.79 Å². The van der Waals surface area contributed by atoms with E-state index in [0.29, 0.717) is 17.1 Å². The predicted octanol–water partition coefficient (Wildman–Crippen LogP) is 3.60. The van der Waals surface area contributed by atoms with Crippen LogP contribution < -0.4 is 10.6 Å². The summed E-state index contributed by atoms with van der Waals surface area (Å²) in [5.41, 5.74) is 2.88. The van der Waals surface area contributed by atoms with E-state index in [0.717, 1.165) is 11.9 Å². The second kappa shape index (κ2) is 8.74.